The Labute approximate surface area is 401 Å². The summed E-state index contributed by atoms with van der Waals surface area (Å²) in [6, 6.07) is -1.53. The van der Waals surface area contributed by atoms with E-state index < -0.39 is 51.1 Å². The van der Waals surface area contributed by atoms with Crippen LogP contribution in [0, 0.1) is 0 Å². The molecule has 4 N–H and O–H groups in total. The second-order valence-corrected chi connectivity index (χ2v) is 18.7. The Bertz CT molecular complexity index is 1390. The van der Waals surface area contributed by atoms with Crippen LogP contribution in [0.25, 0.3) is 0 Å². The van der Waals surface area contributed by atoms with E-state index in [0.29, 0.717) is 12.8 Å². The predicted molar refractivity (Wildman–Crippen MR) is 272 cm³/mol. The van der Waals surface area contributed by atoms with Crippen molar-refractivity contribution in [3.05, 3.63) is 72.9 Å². The molecule has 3 unspecified atom stereocenters. The predicted octanol–water partition coefficient (Wildman–Crippen LogP) is 14.8. The van der Waals surface area contributed by atoms with Crippen LogP contribution in [0.5, 0.6) is 0 Å². The summed E-state index contributed by atoms with van der Waals surface area (Å²) in [4.78, 5) is 46.2. The highest BCUT2D eigenvalue weighted by molar-refractivity contribution is 7.47. The van der Waals surface area contributed by atoms with Gasteiger partial charge in [-0.15, -0.1) is 0 Å². The van der Waals surface area contributed by atoms with Gasteiger partial charge in [-0.05, 0) is 83.5 Å². The van der Waals surface area contributed by atoms with Crippen LogP contribution in [0.4, 0.5) is 0 Å². The first-order valence-electron chi connectivity index (χ1n) is 26.0. The van der Waals surface area contributed by atoms with Crippen LogP contribution in [-0.4, -0.2) is 59.9 Å². The number of unbranched alkanes of at least 4 members (excludes halogenated alkanes) is 22. The molecule has 0 saturated carbocycles. The second kappa shape index (κ2) is 48.4. The van der Waals surface area contributed by atoms with Crippen LogP contribution in [-0.2, 0) is 37.5 Å². The van der Waals surface area contributed by atoms with Gasteiger partial charge in [0.2, 0.25) is 0 Å². The molecule has 0 saturated heterocycles. The average molecular weight is 948 g/mol. The van der Waals surface area contributed by atoms with Crippen molar-refractivity contribution in [2.24, 2.45) is 5.73 Å². The van der Waals surface area contributed by atoms with Crippen molar-refractivity contribution in [2.75, 3.05) is 19.8 Å². The van der Waals surface area contributed by atoms with Crippen molar-refractivity contribution in [3.63, 3.8) is 0 Å². The van der Waals surface area contributed by atoms with Crippen molar-refractivity contribution in [1.82, 2.24) is 0 Å². The Morgan fingerprint density at radius 2 is 0.848 bits per heavy atom. The molecule has 0 bridgehead atoms. The molecule has 0 aromatic rings. The highest BCUT2D eigenvalue weighted by Gasteiger charge is 2.28. The molecule has 0 radical (unpaired) electrons. The third-order valence-electron chi connectivity index (χ3n) is 10.9. The van der Waals surface area contributed by atoms with E-state index in [1.807, 2.05) is 0 Å². The fraction of sp³-hybridized carbons (Fsp3) is 0.722. The number of hydrogen-bond acceptors (Lipinski definition) is 9. The van der Waals surface area contributed by atoms with Crippen molar-refractivity contribution in [2.45, 2.75) is 231 Å². The third-order valence-corrected chi connectivity index (χ3v) is 11.9. The maximum Gasteiger partial charge on any atom is 0.472 e. The lowest BCUT2D eigenvalue weighted by Gasteiger charge is -2.20. The number of carboxylic acids is 1. The number of phosphoric ester groups is 1. The lowest BCUT2D eigenvalue weighted by atomic mass is 10.0. The number of allylic oxidation sites excluding steroid dienone is 12. The van der Waals surface area contributed by atoms with Gasteiger partial charge in [0.1, 0.15) is 12.6 Å². The molecule has 0 aliphatic carbocycles. The van der Waals surface area contributed by atoms with Gasteiger partial charge in [0.25, 0.3) is 0 Å². The SMILES string of the molecule is CC/C=C\C/C=C\C/C=C\C/C=C\CCCCCCCCCCCCC(=O)OC(COC(=O)CCCCCCCCCCC/C=C\C/C=C\CCCCC)COP(=O)(O)OCC(N)C(=O)O. The first-order valence-corrected chi connectivity index (χ1v) is 27.5. The average Bonchev–Trinajstić information content (AvgIpc) is 3.30. The van der Waals surface area contributed by atoms with E-state index in [9.17, 15) is 23.8 Å². The molecule has 0 aliphatic rings. The van der Waals surface area contributed by atoms with E-state index in [4.69, 9.17) is 24.8 Å². The number of nitrogens with two attached hydrogens (primary N) is 1. The summed E-state index contributed by atoms with van der Waals surface area (Å²) in [5, 5.41) is 8.93. The summed E-state index contributed by atoms with van der Waals surface area (Å²) in [5.41, 5.74) is 5.36. The topological polar surface area (TPSA) is 172 Å². The number of hydrogen-bond donors (Lipinski definition) is 3. The highest BCUT2D eigenvalue weighted by atomic mass is 31.2. The normalized spacial score (nSPS) is 14.1. The molecule has 11 nitrogen and oxygen atoms in total. The Kier molecular flexibility index (Phi) is 46.1. The molecule has 0 aliphatic heterocycles. The molecule has 0 aromatic carbocycles. The Hall–Kier alpha value is -3.08. The Morgan fingerprint density at radius 1 is 0.485 bits per heavy atom. The van der Waals surface area contributed by atoms with Crippen molar-refractivity contribution >= 4 is 25.7 Å². The van der Waals surface area contributed by atoms with E-state index in [1.54, 1.807) is 0 Å². The lowest BCUT2D eigenvalue weighted by Crippen LogP contribution is -2.34. The zero-order valence-electron chi connectivity index (χ0n) is 41.5. The van der Waals surface area contributed by atoms with Gasteiger partial charge in [-0.2, -0.15) is 0 Å². The number of carbonyl (C=O) groups is 3. The smallest absolute Gasteiger partial charge is 0.472 e. The van der Waals surface area contributed by atoms with Gasteiger partial charge < -0.3 is 25.2 Å². The van der Waals surface area contributed by atoms with Crippen LogP contribution in [0.1, 0.15) is 219 Å². The molecule has 0 heterocycles. The standard InChI is InChI=1S/C54H94NO10P/c1-3-5-7-9-11-13-15-17-19-21-23-24-25-26-28-30-32-34-36-38-40-42-44-46-53(57)65-50(48-63-66(60,61)64-49-51(55)54(58)59)47-62-52(56)45-43-41-39-37-35-33-31-29-27-22-20-18-16-14-12-10-8-6-4-2/h5,7,11-14,17-20,23-24,50-51H,3-4,6,8-10,15-16,21-22,25-49,55H2,1-2H3,(H,58,59)(H,60,61)/b7-5-,13-11-,14-12-,19-17-,20-18-,24-23-. The van der Waals surface area contributed by atoms with Gasteiger partial charge in [0.15, 0.2) is 6.10 Å². The Balaban J connectivity index is 4.25. The van der Waals surface area contributed by atoms with Crippen LogP contribution in [0.3, 0.4) is 0 Å². The second-order valence-electron chi connectivity index (χ2n) is 17.3. The third kappa shape index (κ3) is 47.4. The Morgan fingerprint density at radius 3 is 1.27 bits per heavy atom. The largest absolute Gasteiger partial charge is 0.480 e. The molecule has 0 spiro atoms. The molecule has 0 amide bonds. The quantitative estimate of drug-likeness (QED) is 0.0229. The highest BCUT2D eigenvalue weighted by Crippen LogP contribution is 2.43. The monoisotopic (exact) mass is 948 g/mol. The van der Waals surface area contributed by atoms with Crippen molar-refractivity contribution in [1.29, 1.82) is 0 Å². The van der Waals surface area contributed by atoms with Crippen LogP contribution < -0.4 is 5.73 Å². The minimum absolute atomic E-state index is 0.152. The molecule has 0 aromatic heterocycles. The number of carbonyl (C=O) groups excluding carboxylic acids is 2. The summed E-state index contributed by atoms with van der Waals surface area (Å²) < 4.78 is 32.9. The van der Waals surface area contributed by atoms with Gasteiger partial charge in [0, 0.05) is 12.8 Å². The van der Waals surface area contributed by atoms with E-state index in [-0.39, 0.29) is 19.4 Å². The zero-order chi connectivity index (χ0) is 48.4. The molecule has 0 rings (SSSR count). The molecule has 12 heteroatoms. The first kappa shape index (κ1) is 62.9. The zero-order valence-corrected chi connectivity index (χ0v) is 42.4. The number of carboxylic acid groups (broad SMARTS) is 1. The molecule has 0 fully saturated rings. The van der Waals surface area contributed by atoms with Gasteiger partial charge in [0.05, 0.1) is 13.2 Å². The van der Waals surface area contributed by atoms with E-state index in [1.165, 1.54) is 96.3 Å². The van der Waals surface area contributed by atoms with Crippen LogP contribution in [0.2, 0.25) is 0 Å². The molecule has 3 atom stereocenters. The van der Waals surface area contributed by atoms with Gasteiger partial charge >= 0.3 is 25.7 Å². The van der Waals surface area contributed by atoms with Crippen molar-refractivity contribution in [3.8, 4) is 0 Å². The van der Waals surface area contributed by atoms with Gasteiger partial charge in [-0.1, -0.05) is 196 Å². The van der Waals surface area contributed by atoms with Gasteiger partial charge in [-0.25, -0.2) is 4.57 Å². The van der Waals surface area contributed by atoms with E-state index in [0.717, 1.165) is 83.5 Å². The summed E-state index contributed by atoms with van der Waals surface area (Å²) in [6.45, 7) is 2.68. The summed E-state index contributed by atoms with van der Waals surface area (Å²) in [7, 11) is -4.73. The van der Waals surface area contributed by atoms with Crippen molar-refractivity contribution < 1.29 is 47.5 Å². The number of ether oxygens (including phenoxy) is 2. The molecular formula is C54H94NO10P. The summed E-state index contributed by atoms with van der Waals surface area (Å²) in [5.74, 6) is -2.39. The number of aliphatic carboxylic acids is 1. The lowest BCUT2D eigenvalue weighted by molar-refractivity contribution is -0.161. The number of rotatable bonds is 48. The fourth-order valence-electron chi connectivity index (χ4n) is 6.91. The summed E-state index contributed by atoms with van der Waals surface area (Å²) >= 11 is 0. The number of phosphoric acid groups is 1. The maximum absolute atomic E-state index is 12.7. The van der Waals surface area contributed by atoms with Gasteiger partial charge in [-0.3, -0.25) is 23.4 Å². The number of esters is 2. The minimum Gasteiger partial charge on any atom is -0.480 e. The first-order chi connectivity index (χ1) is 32.1. The van der Waals surface area contributed by atoms with E-state index >= 15 is 0 Å². The van der Waals surface area contributed by atoms with E-state index in [2.05, 4.69) is 91.3 Å². The fourth-order valence-corrected chi connectivity index (χ4v) is 7.69. The summed E-state index contributed by atoms with van der Waals surface area (Å²) in [6.07, 6.45) is 59.6. The molecular weight excluding hydrogens is 854 g/mol. The maximum atomic E-state index is 12.7. The minimum atomic E-state index is -4.73. The van der Waals surface area contributed by atoms with Crippen LogP contribution in [0.15, 0.2) is 72.9 Å². The molecule has 66 heavy (non-hydrogen) atoms. The molecule has 380 valence electrons. The van der Waals surface area contributed by atoms with Crippen LogP contribution >= 0.6 is 7.82 Å².